The van der Waals surface area contributed by atoms with Crippen LogP contribution in [0.2, 0.25) is 0 Å². The van der Waals surface area contributed by atoms with Crippen LogP contribution in [0.4, 0.5) is 14.9 Å². The van der Waals surface area contributed by atoms with Crippen LogP contribution in [0.1, 0.15) is 32.1 Å². The maximum absolute atomic E-state index is 13.1. The number of nitrogens with zero attached hydrogens (tertiary/aromatic N) is 2. The first kappa shape index (κ1) is 16.1. The highest BCUT2D eigenvalue weighted by Crippen LogP contribution is 2.32. The number of carbonyl (C=O) groups is 3. The van der Waals surface area contributed by atoms with Crippen molar-refractivity contribution < 1.29 is 18.8 Å². The lowest BCUT2D eigenvalue weighted by molar-refractivity contribution is -0.141. The van der Waals surface area contributed by atoms with Gasteiger partial charge in [-0.15, -0.1) is 0 Å². The summed E-state index contributed by atoms with van der Waals surface area (Å²) >= 11 is 0. The maximum Gasteiger partial charge on any atom is 0.329 e. The molecule has 1 saturated carbocycles. The van der Waals surface area contributed by atoms with Gasteiger partial charge < -0.3 is 10.2 Å². The molecular weight excluding hydrogens is 325 g/mol. The van der Waals surface area contributed by atoms with Gasteiger partial charge in [0.05, 0.1) is 11.7 Å². The van der Waals surface area contributed by atoms with Crippen LogP contribution in [0.3, 0.4) is 0 Å². The summed E-state index contributed by atoms with van der Waals surface area (Å²) in [6, 6.07) is 3.66. The van der Waals surface area contributed by atoms with E-state index < -0.39 is 23.8 Å². The average molecular weight is 345 g/mol. The van der Waals surface area contributed by atoms with Crippen molar-refractivity contribution in [3.8, 4) is 0 Å². The zero-order valence-corrected chi connectivity index (χ0v) is 13.8. The summed E-state index contributed by atoms with van der Waals surface area (Å²) in [6.07, 6.45) is 4.41. The Labute approximate surface area is 145 Å². The molecule has 3 fully saturated rings. The van der Waals surface area contributed by atoms with E-state index in [4.69, 9.17) is 0 Å². The number of halogens is 1. The molecule has 2 heterocycles. The Bertz CT molecular complexity index is 715. The van der Waals surface area contributed by atoms with Crippen LogP contribution < -0.4 is 10.2 Å². The Kier molecular flexibility index (Phi) is 3.94. The molecule has 4 amide bonds. The lowest BCUT2D eigenvalue weighted by atomic mass is 10.0. The summed E-state index contributed by atoms with van der Waals surface area (Å²) < 4.78 is 13.1. The van der Waals surface area contributed by atoms with Gasteiger partial charge in [-0.25, -0.2) is 14.1 Å². The van der Waals surface area contributed by atoms with Crippen molar-refractivity contribution in [2.45, 2.75) is 44.2 Å². The standard InChI is InChI=1S/C18H20FN3O3/c19-12-5-7-13(8-6-12)22-17(24)15-14(20-18(22)25)9-10-21(15)16(23)11-3-1-2-4-11/h5-8,11,14-15H,1-4,9-10H2,(H,20,25)/t14-,15+/m1/s1. The highest BCUT2D eigenvalue weighted by molar-refractivity contribution is 6.19. The predicted octanol–water partition coefficient (Wildman–Crippen LogP) is 2.04. The van der Waals surface area contributed by atoms with Gasteiger partial charge in [-0.3, -0.25) is 9.59 Å². The Hall–Kier alpha value is -2.44. The van der Waals surface area contributed by atoms with Crippen LogP contribution in [0.15, 0.2) is 24.3 Å². The van der Waals surface area contributed by atoms with Gasteiger partial charge in [-0.1, -0.05) is 12.8 Å². The Morgan fingerprint density at radius 3 is 2.44 bits per heavy atom. The number of carbonyl (C=O) groups excluding carboxylic acids is 3. The van der Waals surface area contributed by atoms with E-state index in [1.165, 1.54) is 24.3 Å². The predicted molar refractivity (Wildman–Crippen MR) is 88.3 cm³/mol. The molecule has 7 heteroatoms. The van der Waals surface area contributed by atoms with Crippen molar-refractivity contribution in [3.05, 3.63) is 30.1 Å². The quantitative estimate of drug-likeness (QED) is 0.892. The van der Waals surface area contributed by atoms with Gasteiger partial charge in [0.25, 0.3) is 5.91 Å². The molecule has 132 valence electrons. The highest BCUT2D eigenvalue weighted by atomic mass is 19.1. The van der Waals surface area contributed by atoms with Crippen molar-refractivity contribution in [3.63, 3.8) is 0 Å². The third kappa shape index (κ3) is 2.67. The van der Waals surface area contributed by atoms with Gasteiger partial charge in [-0.2, -0.15) is 0 Å². The fourth-order valence-electron chi connectivity index (χ4n) is 4.19. The molecule has 0 radical (unpaired) electrons. The fraction of sp³-hybridized carbons (Fsp3) is 0.500. The van der Waals surface area contributed by atoms with Crippen LogP contribution in [0, 0.1) is 11.7 Å². The molecule has 0 aromatic heterocycles. The molecule has 2 aliphatic heterocycles. The number of rotatable bonds is 2. The molecule has 1 aromatic carbocycles. The topological polar surface area (TPSA) is 69.7 Å². The molecule has 25 heavy (non-hydrogen) atoms. The third-order valence-corrected chi connectivity index (χ3v) is 5.46. The van der Waals surface area contributed by atoms with E-state index in [1.54, 1.807) is 4.90 Å². The third-order valence-electron chi connectivity index (χ3n) is 5.46. The molecule has 6 nitrogen and oxygen atoms in total. The number of likely N-dealkylation sites (tertiary alicyclic amines) is 1. The Morgan fingerprint density at radius 2 is 1.76 bits per heavy atom. The monoisotopic (exact) mass is 345 g/mol. The first-order chi connectivity index (χ1) is 12.1. The molecule has 1 N–H and O–H groups in total. The van der Waals surface area contributed by atoms with E-state index >= 15 is 0 Å². The number of amides is 4. The van der Waals surface area contributed by atoms with Crippen molar-refractivity contribution in [2.75, 3.05) is 11.4 Å². The summed E-state index contributed by atoms with van der Waals surface area (Å²) in [5.74, 6) is -0.841. The highest BCUT2D eigenvalue weighted by Gasteiger charge is 2.50. The second-order valence-electron chi connectivity index (χ2n) is 6.95. The van der Waals surface area contributed by atoms with Crippen molar-refractivity contribution in [2.24, 2.45) is 5.92 Å². The van der Waals surface area contributed by atoms with Crippen molar-refractivity contribution in [1.82, 2.24) is 10.2 Å². The van der Waals surface area contributed by atoms with Crippen molar-refractivity contribution in [1.29, 1.82) is 0 Å². The number of anilines is 1. The van der Waals surface area contributed by atoms with Crippen LogP contribution >= 0.6 is 0 Å². The molecule has 2 atom stereocenters. The number of imide groups is 1. The number of hydrogen-bond acceptors (Lipinski definition) is 3. The molecule has 1 aliphatic carbocycles. The van der Waals surface area contributed by atoms with Gasteiger partial charge in [0, 0.05) is 12.5 Å². The van der Waals surface area contributed by atoms with Gasteiger partial charge in [0.2, 0.25) is 5.91 Å². The van der Waals surface area contributed by atoms with Crippen LogP contribution in [-0.4, -0.2) is 41.4 Å². The van der Waals surface area contributed by atoms with Crippen LogP contribution in [-0.2, 0) is 9.59 Å². The van der Waals surface area contributed by atoms with Crippen LogP contribution in [0.5, 0.6) is 0 Å². The first-order valence-electron chi connectivity index (χ1n) is 8.77. The van der Waals surface area contributed by atoms with E-state index in [0.29, 0.717) is 18.7 Å². The normalized spacial score (nSPS) is 26.8. The lowest BCUT2D eigenvalue weighted by Gasteiger charge is -2.37. The molecule has 3 aliphatic rings. The Morgan fingerprint density at radius 1 is 1.08 bits per heavy atom. The number of urea groups is 1. The van der Waals surface area contributed by atoms with E-state index in [2.05, 4.69) is 5.32 Å². The summed E-state index contributed by atoms with van der Waals surface area (Å²) in [6.45, 7) is 0.480. The molecular formula is C18H20FN3O3. The van der Waals surface area contributed by atoms with E-state index in [1.807, 2.05) is 0 Å². The number of nitrogens with one attached hydrogen (secondary N) is 1. The smallest absolute Gasteiger partial charge is 0.329 e. The zero-order chi connectivity index (χ0) is 17.6. The maximum atomic E-state index is 13.1. The minimum absolute atomic E-state index is 0.0107. The minimum Gasteiger partial charge on any atom is -0.332 e. The summed E-state index contributed by atoms with van der Waals surface area (Å²) in [4.78, 5) is 40.8. The Balaban J connectivity index is 1.61. The largest absolute Gasteiger partial charge is 0.332 e. The number of benzene rings is 1. The second-order valence-corrected chi connectivity index (χ2v) is 6.95. The number of hydrogen-bond donors (Lipinski definition) is 1. The fourth-order valence-corrected chi connectivity index (χ4v) is 4.19. The van der Waals surface area contributed by atoms with Gasteiger partial charge in [0.1, 0.15) is 11.9 Å². The molecule has 4 rings (SSSR count). The van der Waals surface area contributed by atoms with E-state index in [0.717, 1.165) is 30.6 Å². The summed E-state index contributed by atoms with van der Waals surface area (Å²) in [5, 5.41) is 2.83. The van der Waals surface area contributed by atoms with Gasteiger partial charge in [0.15, 0.2) is 0 Å². The van der Waals surface area contributed by atoms with Gasteiger partial charge >= 0.3 is 6.03 Å². The van der Waals surface area contributed by atoms with E-state index in [-0.39, 0.29) is 17.9 Å². The number of fused-ring (bicyclic) bond motifs is 1. The average Bonchev–Trinajstić information content (AvgIpc) is 3.25. The minimum atomic E-state index is -0.671. The van der Waals surface area contributed by atoms with Gasteiger partial charge in [-0.05, 0) is 43.5 Å². The molecule has 0 bridgehead atoms. The summed E-state index contributed by atoms with van der Waals surface area (Å²) in [7, 11) is 0. The molecule has 2 saturated heterocycles. The molecule has 0 unspecified atom stereocenters. The first-order valence-corrected chi connectivity index (χ1v) is 8.77. The zero-order valence-electron chi connectivity index (χ0n) is 13.8. The van der Waals surface area contributed by atoms with Crippen LogP contribution in [0.25, 0.3) is 0 Å². The lowest BCUT2D eigenvalue weighted by Crippen LogP contribution is -2.65. The summed E-state index contributed by atoms with van der Waals surface area (Å²) in [5.41, 5.74) is 0.308. The SMILES string of the molecule is O=C1N[C@@H]2CCN(C(=O)C3CCCC3)[C@@H]2C(=O)N1c1ccc(F)cc1. The molecule has 0 spiro atoms. The second kappa shape index (κ2) is 6.13. The van der Waals surface area contributed by atoms with Crippen molar-refractivity contribution >= 4 is 23.5 Å². The van der Waals surface area contributed by atoms with E-state index in [9.17, 15) is 18.8 Å². The molecule has 1 aromatic rings.